The lowest BCUT2D eigenvalue weighted by atomic mass is 10.0. The fourth-order valence-corrected chi connectivity index (χ4v) is 3.42. The van der Waals surface area contributed by atoms with E-state index < -0.39 is 21.7 Å². The Morgan fingerprint density at radius 3 is 2.39 bits per heavy atom. The van der Waals surface area contributed by atoms with Gasteiger partial charge < -0.3 is 0 Å². The van der Waals surface area contributed by atoms with Gasteiger partial charge in [-0.15, -0.1) is 0 Å². The normalized spacial score (nSPS) is 11.7. The number of benzene rings is 2. The highest BCUT2D eigenvalue weighted by atomic mass is 32.2. The number of aryl methyl sites for hydroxylation is 3. The highest BCUT2D eigenvalue weighted by Gasteiger charge is 2.15. The second-order valence-corrected chi connectivity index (χ2v) is 7.27. The van der Waals surface area contributed by atoms with E-state index in [-0.39, 0.29) is 11.4 Å². The molecule has 3 nitrogen and oxygen atoms in total. The van der Waals surface area contributed by atoms with E-state index in [4.69, 9.17) is 0 Å². The summed E-state index contributed by atoms with van der Waals surface area (Å²) in [6.45, 7) is 4.27. The molecule has 0 fully saturated rings. The summed E-state index contributed by atoms with van der Waals surface area (Å²) in [4.78, 5) is -0.275. The zero-order valence-electron chi connectivity index (χ0n) is 13.1. The number of nitrogens with one attached hydrogen (secondary N) is 1. The average Bonchev–Trinajstić information content (AvgIpc) is 2.48. The third kappa shape index (κ3) is 4.59. The van der Waals surface area contributed by atoms with Gasteiger partial charge in [0.2, 0.25) is 10.0 Å². The number of sulfonamides is 1. The molecule has 0 amide bonds. The molecule has 0 aliphatic rings. The molecule has 0 aromatic heterocycles. The van der Waals surface area contributed by atoms with Gasteiger partial charge in [-0.2, -0.15) is 0 Å². The quantitative estimate of drug-likeness (QED) is 0.819. The Kier molecular flexibility index (Phi) is 5.49. The SMILES string of the molecule is Cc1ccc(CCCNS(=O)(=O)c2ccc(F)c(F)c2)c(C)c1. The van der Waals surface area contributed by atoms with Gasteiger partial charge in [-0.1, -0.05) is 23.8 Å². The van der Waals surface area contributed by atoms with E-state index >= 15 is 0 Å². The first kappa shape index (κ1) is 17.6. The Hall–Kier alpha value is -1.79. The van der Waals surface area contributed by atoms with Crippen molar-refractivity contribution in [3.8, 4) is 0 Å². The maximum atomic E-state index is 13.1. The van der Waals surface area contributed by atoms with Gasteiger partial charge in [-0.05, 0) is 56.0 Å². The highest BCUT2D eigenvalue weighted by Crippen LogP contribution is 2.15. The second kappa shape index (κ2) is 7.19. The molecule has 0 unspecified atom stereocenters. The van der Waals surface area contributed by atoms with Gasteiger partial charge in [0.05, 0.1) is 4.90 Å². The van der Waals surface area contributed by atoms with Crippen molar-refractivity contribution >= 4 is 10.0 Å². The summed E-state index contributed by atoms with van der Waals surface area (Å²) in [6, 6.07) is 8.68. The molecule has 124 valence electrons. The van der Waals surface area contributed by atoms with Crippen LogP contribution in [0.15, 0.2) is 41.3 Å². The topological polar surface area (TPSA) is 46.2 Å². The summed E-state index contributed by atoms with van der Waals surface area (Å²) in [5.41, 5.74) is 3.53. The monoisotopic (exact) mass is 339 g/mol. The fourth-order valence-electron chi connectivity index (χ4n) is 2.34. The lowest BCUT2D eigenvalue weighted by molar-refractivity contribution is 0.504. The van der Waals surface area contributed by atoms with E-state index in [0.717, 1.165) is 18.6 Å². The molecule has 0 aliphatic carbocycles. The van der Waals surface area contributed by atoms with Gasteiger partial charge in [-0.3, -0.25) is 0 Å². The van der Waals surface area contributed by atoms with Gasteiger partial charge in [0.25, 0.3) is 0 Å². The molecular weight excluding hydrogens is 320 g/mol. The number of rotatable bonds is 6. The van der Waals surface area contributed by atoms with Crippen molar-refractivity contribution in [1.29, 1.82) is 0 Å². The van der Waals surface area contributed by atoms with Crippen LogP contribution >= 0.6 is 0 Å². The van der Waals surface area contributed by atoms with Crippen LogP contribution in [0.1, 0.15) is 23.1 Å². The third-order valence-electron chi connectivity index (χ3n) is 3.61. The van der Waals surface area contributed by atoms with Crippen LogP contribution in [0.25, 0.3) is 0 Å². The Morgan fingerprint density at radius 2 is 1.74 bits per heavy atom. The lowest BCUT2D eigenvalue weighted by Gasteiger charge is -2.09. The van der Waals surface area contributed by atoms with Gasteiger partial charge in [0, 0.05) is 6.54 Å². The van der Waals surface area contributed by atoms with Crippen molar-refractivity contribution in [2.45, 2.75) is 31.6 Å². The van der Waals surface area contributed by atoms with Crippen LogP contribution in [0.5, 0.6) is 0 Å². The van der Waals surface area contributed by atoms with Crippen molar-refractivity contribution in [3.63, 3.8) is 0 Å². The van der Waals surface area contributed by atoms with E-state index in [0.29, 0.717) is 12.5 Å². The van der Waals surface area contributed by atoms with Crippen molar-refractivity contribution in [1.82, 2.24) is 4.72 Å². The summed E-state index contributed by atoms with van der Waals surface area (Å²) in [5.74, 6) is -2.25. The van der Waals surface area contributed by atoms with Crippen molar-refractivity contribution < 1.29 is 17.2 Å². The van der Waals surface area contributed by atoms with Crippen molar-refractivity contribution in [2.75, 3.05) is 6.54 Å². The van der Waals surface area contributed by atoms with E-state index in [1.165, 1.54) is 16.7 Å². The highest BCUT2D eigenvalue weighted by molar-refractivity contribution is 7.89. The summed E-state index contributed by atoms with van der Waals surface area (Å²) >= 11 is 0. The molecule has 0 saturated heterocycles. The molecule has 0 radical (unpaired) electrons. The van der Waals surface area contributed by atoms with Gasteiger partial charge in [-0.25, -0.2) is 21.9 Å². The first-order chi connectivity index (χ1) is 10.8. The molecule has 0 bridgehead atoms. The fraction of sp³-hybridized carbons (Fsp3) is 0.294. The van der Waals surface area contributed by atoms with Crippen LogP contribution in [-0.2, 0) is 16.4 Å². The molecular formula is C17H19F2NO2S. The zero-order chi connectivity index (χ0) is 17.0. The Bertz CT molecular complexity index is 804. The third-order valence-corrected chi connectivity index (χ3v) is 5.07. The number of hydrogen-bond acceptors (Lipinski definition) is 2. The van der Waals surface area contributed by atoms with Crippen LogP contribution in [0.3, 0.4) is 0 Å². The van der Waals surface area contributed by atoms with Gasteiger partial charge in [0.15, 0.2) is 11.6 Å². The molecule has 6 heteroatoms. The minimum atomic E-state index is -3.83. The van der Waals surface area contributed by atoms with Crippen LogP contribution in [0.4, 0.5) is 8.78 Å². The minimum Gasteiger partial charge on any atom is -0.211 e. The largest absolute Gasteiger partial charge is 0.240 e. The van der Waals surface area contributed by atoms with Crippen LogP contribution in [0.2, 0.25) is 0 Å². The molecule has 2 aromatic rings. The smallest absolute Gasteiger partial charge is 0.211 e. The predicted octanol–water partition coefficient (Wildman–Crippen LogP) is 3.49. The lowest BCUT2D eigenvalue weighted by Crippen LogP contribution is -2.25. The summed E-state index contributed by atoms with van der Waals surface area (Å²) in [6.07, 6.45) is 1.36. The summed E-state index contributed by atoms with van der Waals surface area (Å²) < 4.78 is 52.4. The first-order valence-corrected chi connectivity index (χ1v) is 8.79. The zero-order valence-corrected chi connectivity index (χ0v) is 13.9. The van der Waals surface area contributed by atoms with Crippen molar-refractivity contribution in [2.24, 2.45) is 0 Å². The van der Waals surface area contributed by atoms with E-state index in [9.17, 15) is 17.2 Å². The molecule has 1 N–H and O–H groups in total. The molecule has 2 aromatic carbocycles. The Morgan fingerprint density at radius 1 is 1.00 bits per heavy atom. The molecule has 0 atom stereocenters. The number of hydrogen-bond donors (Lipinski definition) is 1. The predicted molar refractivity (Wildman–Crippen MR) is 85.8 cm³/mol. The minimum absolute atomic E-state index is 0.231. The van der Waals surface area contributed by atoms with E-state index in [1.54, 1.807) is 0 Å². The van der Waals surface area contributed by atoms with Crippen LogP contribution in [0, 0.1) is 25.5 Å². The second-order valence-electron chi connectivity index (χ2n) is 5.51. The summed E-state index contributed by atoms with van der Waals surface area (Å²) in [5, 5.41) is 0. The molecule has 0 saturated carbocycles. The Balaban J connectivity index is 1.93. The number of halogens is 2. The van der Waals surface area contributed by atoms with Gasteiger partial charge in [0.1, 0.15) is 0 Å². The molecule has 0 heterocycles. The van der Waals surface area contributed by atoms with Gasteiger partial charge >= 0.3 is 0 Å². The summed E-state index contributed by atoms with van der Waals surface area (Å²) in [7, 11) is -3.83. The molecule has 2 rings (SSSR count). The maximum absolute atomic E-state index is 13.1. The molecule has 0 spiro atoms. The molecule has 23 heavy (non-hydrogen) atoms. The maximum Gasteiger partial charge on any atom is 0.240 e. The molecule has 0 aliphatic heterocycles. The standard InChI is InChI=1S/C17H19F2NO2S/c1-12-5-6-14(13(2)10-12)4-3-9-20-23(21,22)15-7-8-16(18)17(19)11-15/h5-8,10-11,20H,3-4,9H2,1-2H3. The van der Waals surface area contributed by atoms with Crippen LogP contribution in [-0.4, -0.2) is 15.0 Å². The average molecular weight is 339 g/mol. The Labute approximate surface area is 135 Å². The van der Waals surface area contributed by atoms with E-state index in [2.05, 4.69) is 10.8 Å². The van der Waals surface area contributed by atoms with Crippen molar-refractivity contribution in [3.05, 3.63) is 64.7 Å². The first-order valence-electron chi connectivity index (χ1n) is 7.30. The van der Waals surface area contributed by atoms with Crippen LogP contribution < -0.4 is 4.72 Å². The van der Waals surface area contributed by atoms with E-state index in [1.807, 2.05) is 26.0 Å².